The van der Waals surface area contributed by atoms with E-state index in [2.05, 4.69) is 0 Å². The zero-order chi connectivity index (χ0) is 12.7. The van der Waals surface area contributed by atoms with Crippen LogP contribution in [0.25, 0.3) is 0 Å². The van der Waals surface area contributed by atoms with Crippen LogP contribution in [0.15, 0.2) is 11.9 Å². The predicted octanol–water partition coefficient (Wildman–Crippen LogP) is 1.47. The molecule has 1 aliphatic rings. The van der Waals surface area contributed by atoms with Gasteiger partial charge in [-0.15, -0.1) is 0 Å². The topological polar surface area (TPSA) is 23.6 Å². The molecule has 0 aromatic rings. The zero-order valence-electron chi connectivity index (χ0n) is 9.72. The summed E-state index contributed by atoms with van der Waals surface area (Å²) in [7, 11) is 4.82. The number of rotatable bonds is 1. The van der Waals surface area contributed by atoms with Crippen LogP contribution in [-0.4, -0.2) is 49.4 Å². The van der Waals surface area contributed by atoms with E-state index in [4.69, 9.17) is 0 Å². The number of hydrogen-bond acceptors (Lipinski definition) is 3. The lowest BCUT2D eigenvalue weighted by Gasteiger charge is -2.24. The Hall–Kier alpha value is -1.20. The van der Waals surface area contributed by atoms with Crippen LogP contribution < -0.4 is 0 Å². The van der Waals surface area contributed by atoms with Gasteiger partial charge < -0.3 is 9.80 Å². The quantitative estimate of drug-likeness (QED) is 0.644. The van der Waals surface area contributed by atoms with Gasteiger partial charge in [0.1, 0.15) is 5.41 Å². The molecule has 1 saturated heterocycles. The van der Waals surface area contributed by atoms with E-state index in [0.29, 0.717) is 0 Å². The van der Waals surface area contributed by atoms with Gasteiger partial charge in [-0.05, 0) is 6.92 Å². The number of likely N-dealkylation sites (tertiary alicyclic amines) is 1. The maximum atomic E-state index is 12.8. The highest BCUT2D eigenvalue weighted by molar-refractivity contribution is 6.02. The molecule has 3 nitrogen and oxygen atoms in total. The molecule has 16 heavy (non-hydrogen) atoms. The van der Waals surface area contributed by atoms with Crippen LogP contribution >= 0.6 is 0 Å². The van der Waals surface area contributed by atoms with Crippen molar-refractivity contribution < 1.29 is 18.0 Å². The highest BCUT2D eigenvalue weighted by atomic mass is 19.4. The number of alkyl halides is 3. The number of Topliss-reactive ketones (excluding diaryl/α,β-unsaturated/α-hetero) is 1. The molecule has 0 aromatic carbocycles. The number of nitrogens with zero attached hydrogens (tertiary/aromatic N) is 2. The predicted molar refractivity (Wildman–Crippen MR) is 53.6 cm³/mol. The fourth-order valence-corrected chi connectivity index (χ4v) is 1.71. The second-order valence-electron chi connectivity index (χ2n) is 4.49. The number of halogens is 3. The molecule has 6 heteroatoms. The molecule has 0 amide bonds. The lowest BCUT2D eigenvalue weighted by Crippen LogP contribution is -2.42. The Balaban J connectivity index is 3.13. The van der Waals surface area contributed by atoms with Crippen molar-refractivity contribution in [3.05, 3.63) is 11.9 Å². The van der Waals surface area contributed by atoms with E-state index in [0.717, 1.165) is 6.92 Å². The summed E-state index contributed by atoms with van der Waals surface area (Å²) in [5.41, 5.74) is -2.19. The molecule has 0 bridgehead atoms. The lowest BCUT2D eigenvalue weighted by atomic mass is 9.87. The summed E-state index contributed by atoms with van der Waals surface area (Å²) in [5, 5.41) is 0. The average Bonchev–Trinajstić information content (AvgIpc) is 2.28. The smallest absolute Gasteiger partial charge is 0.382 e. The van der Waals surface area contributed by atoms with Crippen LogP contribution in [0.5, 0.6) is 0 Å². The van der Waals surface area contributed by atoms with E-state index in [1.54, 1.807) is 19.0 Å². The summed E-state index contributed by atoms with van der Waals surface area (Å²) in [6.45, 7) is 0.622. The molecule has 92 valence electrons. The van der Waals surface area contributed by atoms with E-state index >= 15 is 0 Å². The summed E-state index contributed by atoms with van der Waals surface area (Å²) in [4.78, 5) is 14.7. The van der Waals surface area contributed by atoms with E-state index in [1.165, 1.54) is 18.1 Å². The zero-order valence-corrected chi connectivity index (χ0v) is 9.72. The first-order valence-corrected chi connectivity index (χ1v) is 4.80. The molecule has 1 rings (SSSR count). The molecule has 0 spiro atoms. The molecular formula is C10H15F3N2O. The summed E-state index contributed by atoms with van der Waals surface area (Å²) < 4.78 is 38.4. The maximum Gasteiger partial charge on any atom is 0.403 e. The second-order valence-corrected chi connectivity index (χ2v) is 4.49. The molecule has 0 N–H and O–H groups in total. The minimum absolute atomic E-state index is 0.102. The van der Waals surface area contributed by atoms with Gasteiger partial charge in [0.25, 0.3) is 0 Å². The number of hydrogen-bond donors (Lipinski definition) is 0. The Morgan fingerprint density at radius 3 is 2.25 bits per heavy atom. The Morgan fingerprint density at radius 2 is 1.94 bits per heavy atom. The SMILES string of the molecule is CN(C)/C=C1\C(=O)C(C)(C(F)(F)F)CN1C. The van der Waals surface area contributed by atoms with Gasteiger partial charge in [0.05, 0.1) is 5.70 Å². The molecule has 1 heterocycles. The Kier molecular flexibility index (Phi) is 2.96. The Morgan fingerprint density at radius 1 is 1.44 bits per heavy atom. The maximum absolute atomic E-state index is 12.8. The van der Waals surface area contributed by atoms with E-state index in [1.807, 2.05) is 0 Å². The van der Waals surface area contributed by atoms with Crippen LogP contribution in [0.4, 0.5) is 13.2 Å². The third-order valence-corrected chi connectivity index (χ3v) is 2.70. The van der Waals surface area contributed by atoms with Gasteiger partial charge in [-0.2, -0.15) is 13.2 Å². The molecule has 0 aromatic heterocycles. The highest BCUT2D eigenvalue weighted by Gasteiger charge is 2.61. The van der Waals surface area contributed by atoms with Crippen molar-refractivity contribution in [1.82, 2.24) is 9.80 Å². The van der Waals surface area contributed by atoms with Crippen LogP contribution in [0.2, 0.25) is 0 Å². The molecule has 1 unspecified atom stereocenters. The minimum Gasteiger partial charge on any atom is -0.382 e. The number of allylic oxidation sites excluding steroid dienone is 1. The molecule has 0 radical (unpaired) electrons. The van der Waals surface area contributed by atoms with Crippen LogP contribution in [0.1, 0.15) is 6.92 Å². The van der Waals surface area contributed by atoms with Crippen LogP contribution in [-0.2, 0) is 4.79 Å². The van der Waals surface area contributed by atoms with Crippen molar-refractivity contribution in [2.75, 3.05) is 27.7 Å². The van der Waals surface area contributed by atoms with Gasteiger partial charge in [0, 0.05) is 33.9 Å². The van der Waals surface area contributed by atoms with Gasteiger partial charge in [-0.1, -0.05) is 0 Å². The van der Waals surface area contributed by atoms with Gasteiger partial charge in [0.15, 0.2) is 5.78 Å². The fourth-order valence-electron chi connectivity index (χ4n) is 1.71. The van der Waals surface area contributed by atoms with Crippen molar-refractivity contribution in [1.29, 1.82) is 0 Å². The normalized spacial score (nSPS) is 29.1. The van der Waals surface area contributed by atoms with Crippen molar-refractivity contribution in [2.45, 2.75) is 13.1 Å². The fraction of sp³-hybridized carbons (Fsp3) is 0.700. The largest absolute Gasteiger partial charge is 0.403 e. The summed E-state index contributed by atoms with van der Waals surface area (Å²) in [5.74, 6) is -0.865. The average molecular weight is 236 g/mol. The van der Waals surface area contributed by atoms with E-state index < -0.39 is 17.4 Å². The lowest BCUT2D eigenvalue weighted by molar-refractivity contribution is -0.209. The summed E-state index contributed by atoms with van der Waals surface area (Å²) in [6.07, 6.45) is -3.10. The molecule has 0 saturated carbocycles. The first kappa shape index (κ1) is 12.9. The van der Waals surface area contributed by atoms with Gasteiger partial charge in [0.2, 0.25) is 0 Å². The minimum atomic E-state index is -4.51. The van der Waals surface area contributed by atoms with Gasteiger partial charge >= 0.3 is 6.18 Å². The number of carbonyl (C=O) groups is 1. The molecule has 1 atom stereocenters. The van der Waals surface area contributed by atoms with Gasteiger partial charge in [-0.25, -0.2) is 0 Å². The van der Waals surface area contributed by atoms with E-state index in [9.17, 15) is 18.0 Å². The van der Waals surface area contributed by atoms with Crippen molar-refractivity contribution in [3.63, 3.8) is 0 Å². The van der Waals surface area contributed by atoms with Crippen molar-refractivity contribution in [2.24, 2.45) is 5.41 Å². The van der Waals surface area contributed by atoms with Crippen molar-refractivity contribution >= 4 is 5.78 Å². The van der Waals surface area contributed by atoms with Crippen LogP contribution in [0, 0.1) is 5.41 Å². The third kappa shape index (κ3) is 1.88. The standard InChI is InChI=1S/C10H15F3N2O/c1-9(10(11,12)13)6-15(4)7(8(9)16)5-14(2)3/h5H,6H2,1-4H3/b7-5+. The van der Waals surface area contributed by atoms with Gasteiger partial charge in [-0.3, -0.25) is 4.79 Å². The summed E-state index contributed by atoms with van der Waals surface area (Å²) in [6, 6.07) is 0. The Labute approximate surface area is 92.5 Å². The third-order valence-electron chi connectivity index (χ3n) is 2.70. The monoisotopic (exact) mass is 236 g/mol. The van der Waals surface area contributed by atoms with Crippen molar-refractivity contribution in [3.8, 4) is 0 Å². The molecular weight excluding hydrogens is 221 g/mol. The van der Waals surface area contributed by atoms with Crippen LogP contribution in [0.3, 0.4) is 0 Å². The highest BCUT2D eigenvalue weighted by Crippen LogP contribution is 2.45. The Bertz CT molecular complexity index is 335. The summed E-state index contributed by atoms with van der Waals surface area (Å²) >= 11 is 0. The first-order valence-electron chi connectivity index (χ1n) is 4.80. The van der Waals surface area contributed by atoms with E-state index in [-0.39, 0.29) is 12.2 Å². The number of ketones is 1. The molecule has 1 aliphatic heterocycles. The second kappa shape index (κ2) is 3.68. The number of carbonyl (C=O) groups excluding carboxylic acids is 1. The molecule has 0 aliphatic carbocycles. The number of likely N-dealkylation sites (N-methyl/N-ethyl adjacent to an activating group) is 1. The molecule has 1 fully saturated rings. The first-order chi connectivity index (χ1) is 7.09.